The first-order chi connectivity index (χ1) is 5.11. The van der Waals surface area contributed by atoms with Crippen LogP contribution in [0.3, 0.4) is 0 Å². The standard InChI is InChI=1S/C9H16O2/c1-5-7(3)9(10)11-8(4)6-2/h6-7H,5H2,1-4H3. The van der Waals surface area contributed by atoms with Crippen LogP contribution in [0.25, 0.3) is 0 Å². The van der Waals surface area contributed by atoms with Crippen LogP contribution in [0.2, 0.25) is 0 Å². The zero-order chi connectivity index (χ0) is 8.85. The molecule has 0 aliphatic carbocycles. The minimum absolute atomic E-state index is 0.00454. The molecule has 0 aliphatic rings. The van der Waals surface area contributed by atoms with Gasteiger partial charge in [0.15, 0.2) is 0 Å². The summed E-state index contributed by atoms with van der Waals surface area (Å²) in [6.45, 7) is 7.46. The predicted molar refractivity (Wildman–Crippen MR) is 45.0 cm³/mol. The predicted octanol–water partition coefficient (Wildman–Crippen LogP) is 2.50. The maximum absolute atomic E-state index is 11.1. The summed E-state index contributed by atoms with van der Waals surface area (Å²) in [5.74, 6) is 0.545. The van der Waals surface area contributed by atoms with E-state index in [0.717, 1.165) is 6.42 Å². The summed E-state index contributed by atoms with van der Waals surface area (Å²) < 4.78 is 4.97. The monoisotopic (exact) mass is 156 g/mol. The molecule has 0 heterocycles. The first-order valence-electron chi connectivity index (χ1n) is 3.96. The Morgan fingerprint density at radius 2 is 2.18 bits per heavy atom. The summed E-state index contributed by atoms with van der Waals surface area (Å²) in [6, 6.07) is 0. The molecule has 2 nitrogen and oxygen atoms in total. The Balaban J connectivity index is 3.87. The van der Waals surface area contributed by atoms with Crippen molar-refractivity contribution in [3.05, 3.63) is 11.8 Å². The van der Waals surface area contributed by atoms with Crippen LogP contribution in [-0.2, 0) is 9.53 Å². The largest absolute Gasteiger partial charge is 0.432 e. The summed E-state index contributed by atoms with van der Waals surface area (Å²) in [7, 11) is 0. The van der Waals surface area contributed by atoms with Crippen molar-refractivity contribution in [3.63, 3.8) is 0 Å². The first-order valence-corrected chi connectivity index (χ1v) is 3.96. The van der Waals surface area contributed by atoms with E-state index in [1.165, 1.54) is 0 Å². The third kappa shape index (κ3) is 3.81. The van der Waals surface area contributed by atoms with Gasteiger partial charge in [-0.05, 0) is 26.3 Å². The minimum Gasteiger partial charge on any atom is -0.432 e. The number of hydrogen-bond acceptors (Lipinski definition) is 2. The smallest absolute Gasteiger partial charge is 0.313 e. The lowest BCUT2D eigenvalue weighted by Gasteiger charge is -2.07. The van der Waals surface area contributed by atoms with Crippen molar-refractivity contribution in [1.29, 1.82) is 0 Å². The molecule has 1 unspecified atom stereocenters. The Bertz CT molecular complexity index is 159. The Labute approximate surface area is 68.2 Å². The van der Waals surface area contributed by atoms with Gasteiger partial charge in [-0.1, -0.05) is 13.8 Å². The highest BCUT2D eigenvalue weighted by atomic mass is 16.5. The molecule has 64 valence electrons. The molecule has 0 fully saturated rings. The van der Waals surface area contributed by atoms with E-state index in [9.17, 15) is 4.79 Å². The van der Waals surface area contributed by atoms with Crippen molar-refractivity contribution in [2.75, 3.05) is 0 Å². The molecule has 0 aromatic heterocycles. The molecule has 0 N–H and O–H groups in total. The quantitative estimate of drug-likeness (QED) is 0.463. The maximum Gasteiger partial charge on any atom is 0.313 e. The van der Waals surface area contributed by atoms with Crippen LogP contribution in [0.15, 0.2) is 11.8 Å². The van der Waals surface area contributed by atoms with Crippen LogP contribution in [-0.4, -0.2) is 5.97 Å². The van der Waals surface area contributed by atoms with Crippen LogP contribution in [0, 0.1) is 5.92 Å². The molecule has 0 bridgehead atoms. The van der Waals surface area contributed by atoms with Crippen LogP contribution < -0.4 is 0 Å². The van der Waals surface area contributed by atoms with Crippen molar-refractivity contribution in [2.24, 2.45) is 5.92 Å². The lowest BCUT2D eigenvalue weighted by Crippen LogP contribution is -2.12. The van der Waals surface area contributed by atoms with Crippen LogP contribution in [0.4, 0.5) is 0 Å². The fourth-order valence-electron chi connectivity index (χ4n) is 0.485. The SMILES string of the molecule is CC=C(C)OC(=O)C(C)CC. The molecule has 0 aliphatic heterocycles. The van der Waals surface area contributed by atoms with E-state index in [1.807, 2.05) is 20.8 Å². The zero-order valence-electron chi connectivity index (χ0n) is 7.68. The molecule has 0 aromatic carbocycles. The Morgan fingerprint density at radius 3 is 2.55 bits per heavy atom. The van der Waals surface area contributed by atoms with E-state index in [1.54, 1.807) is 13.0 Å². The van der Waals surface area contributed by atoms with Gasteiger partial charge in [-0.2, -0.15) is 0 Å². The lowest BCUT2D eigenvalue weighted by atomic mass is 10.1. The third-order valence-corrected chi connectivity index (χ3v) is 1.68. The molecule has 0 aromatic rings. The second kappa shape index (κ2) is 4.94. The molecule has 2 heteroatoms. The van der Waals surface area contributed by atoms with Gasteiger partial charge >= 0.3 is 5.97 Å². The van der Waals surface area contributed by atoms with Gasteiger partial charge in [0.05, 0.1) is 5.92 Å². The van der Waals surface area contributed by atoms with Gasteiger partial charge in [-0.3, -0.25) is 4.79 Å². The normalized spacial score (nSPS) is 14.4. The molecular formula is C9H16O2. The Morgan fingerprint density at radius 1 is 1.64 bits per heavy atom. The number of allylic oxidation sites excluding steroid dienone is 2. The van der Waals surface area contributed by atoms with E-state index in [-0.39, 0.29) is 11.9 Å². The lowest BCUT2D eigenvalue weighted by molar-refractivity contribution is -0.143. The van der Waals surface area contributed by atoms with E-state index in [4.69, 9.17) is 4.74 Å². The van der Waals surface area contributed by atoms with Gasteiger partial charge in [-0.25, -0.2) is 0 Å². The molecular weight excluding hydrogens is 140 g/mol. The second-order valence-electron chi connectivity index (χ2n) is 2.63. The van der Waals surface area contributed by atoms with Gasteiger partial charge < -0.3 is 4.74 Å². The van der Waals surface area contributed by atoms with Gasteiger partial charge in [0.1, 0.15) is 5.76 Å². The van der Waals surface area contributed by atoms with E-state index in [0.29, 0.717) is 5.76 Å². The number of esters is 1. The summed E-state index contributed by atoms with van der Waals surface area (Å²) in [5, 5.41) is 0. The van der Waals surface area contributed by atoms with Crippen molar-refractivity contribution in [1.82, 2.24) is 0 Å². The van der Waals surface area contributed by atoms with Crippen LogP contribution in [0.5, 0.6) is 0 Å². The van der Waals surface area contributed by atoms with Gasteiger partial charge in [-0.15, -0.1) is 0 Å². The van der Waals surface area contributed by atoms with Gasteiger partial charge in [0.2, 0.25) is 0 Å². The van der Waals surface area contributed by atoms with Gasteiger partial charge in [0, 0.05) is 0 Å². The number of carbonyl (C=O) groups excluding carboxylic acids is 1. The molecule has 0 radical (unpaired) electrons. The highest BCUT2D eigenvalue weighted by molar-refractivity contribution is 5.72. The molecule has 0 saturated heterocycles. The third-order valence-electron chi connectivity index (χ3n) is 1.68. The molecule has 1 atom stereocenters. The topological polar surface area (TPSA) is 26.3 Å². The van der Waals surface area contributed by atoms with E-state index >= 15 is 0 Å². The van der Waals surface area contributed by atoms with Crippen molar-refractivity contribution in [3.8, 4) is 0 Å². The van der Waals surface area contributed by atoms with Crippen LogP contribution in [0.1, 0.15) is 34.1 Å². The van der Waals surface area contributed by atoms with Gasteiger partial charge in [0.25, 0.3) is 0 Å². The molecule has 11 heavy (non-hydrogen) atoms. The second-order valence-corrected chi connectivity index (χ2v) is 2.63. The summed E-state index contributed by atoms with van der Waals surface area (Å²) >= 11 is 0. The van der Waals surface area contributed by atoms with Crippen molar-refractivity contribution in [2.45, 2.75) is 34.1 Å². The average Bonchev–Trinajstić information content (AvgIpc) is 2.02. The van der Waals surface area contributed by atoms with E-state index < -0.39 is 0 Å². The fraction of sp³-hybridized carbons (Fsp3) is 0.667. The number of rotatable bonds is 3. The molecule has 0 spiro atoms. The average molecular weight is 156 g/mol. The number of hydrogen-bond donors (Lipinski definition) is 0. The summed E-state index contributed by atoms with van der Waals surface area (Å²) in [6.07, 6.45) is 2.61. The number of ether oxygens (including phenoxy) is 1. The summed E-state index contributed by atoms with van der Waals surface area (Å²) in [5.41, 5.74) is 0. The highest BCUT2D eigenvalue weighted by Gasteiger charge is 2.11. The zero-order valence-corrected chi connectivity index (χ0v) is 7.68. The fourth-order valence-corrected chi connectivity index (χ4v) is 0.485. The van der Waals surface area contributed by atoms with E-state index in [2.05, 4.69) is 0 Å². The number of carbonyl (C=O) groups is 1. The Hall–Kier alpha value is -0.790. The maximum atomic E-state index is 11.1. The minimum atomic E-state index is -0.136. The van der Waals surface area contributed by atoms with Crippen molar-refractivity contribution >= 4 is 5.97 Å². The molecule has 0 amide bonds. The highest BCUT2D eigenvalue weighted by Crippen LogP contribution is 2.06. The molecule has 0 saturated carbocycles. The molecule has 0 rings (SSSR count). The van der Waals surface area contributed by atoms with Crippen molar-refractivity contribution < 1.29 is 9.53 Å². The Kier molecular flexibility index (Phi) is 4.59. The first kappa shape index (κ1) is 10.2. The van der Waals surface area contributed by atoms with Crippen LogP contribution >= 0.6 is 0 Å². The summed E-state index contributed by atoms with van der Waals surface area (Å²) in [4.78, 5) is 11.1.